The Balaban J connectivity index is 2.04. The van der Waals surface area contributed by atoms with Gasteiger partial charge < -0.3 is 5.73 Å². The van der Waals surface area contributed by atoms with Crippen molar-refractivity contribution in [2.24, 2.45) is 11.7 Å². The van der Waals surface area contributed by atoms with Crippen molar-refractivity contribution in [3.05, 3.63) is 64.2 Å². The molecule has 1 aliphatic heterocycles. The Labute approximate surface area is 139 Å². The van der Waals surface area contributed by atoms with Crippen LogP contribution in [0.4, 0.5) is 11.4 Å². The molecule has 126 valence electrons. The van der Waals surface area contributed by atoms with Gasteiger partial charge in [0, 0.05) is 18.7 Å². The molecule has 0 bridgehead atoms. The van der Waals surface area contributed by atoms with E-state index >= 15 is 0 Å². The maximum absolute atomic E-state index is 13.0. The van der Waals surface area contributed by atoms with E-state index in [1.54, 1.807) is 12.1 Å². The van der Waals surface area contributed by atoms with Crippen LogP contribution in [0.15, 0.2) is 53.4 Å². The molecular weight excluding hydrogens is 330 g/mol. The number of sulfonamides is 1. The minimum absolute atomic E-state index is 0.0283. The van der Waals surface area contributed by atoms with Gasteiger partial charge in [0.05, 0.1) is 15.5 Å². The van der Waals surface area contributed by atoms with Crippen LogP contribution in [0.1, 0.15) is 5.56 Å². The van der Waals surface area contributed by atoms with Crippen LogP contribution in [0, 0.1) is 16.0 Å². The lowest BCUT2D eigenvalue weighted by atomic mass is 9.94. The van der Waals surface area contributed by atoms with Gasteiger partial charge in [0.15, 0.2) is 0 Å². The second kappa shape index (κ2) is 6.21. The van der Waals surface area contributed by atoms with E-state index in [-0.39, 0.29) is 16.5 Å². The molecule has 0 aliphatic carbocycles. The van der Waals surface area contributed by atoms with E-state index in [0.29, 0.717) is 18.8 Å². The third-order valence-electron chi connectivity index (χ3n) is 4.16. The number of nitro groups is 1. The van der Waals surface area contributed by atoms with E-state index in [1.807, 2.05) is 12.1 Å². The molecule has 0 saturated carbocycles. The van der Waals surface area contributed by atoms with Gasteiger partial charge in [-0.25, -0.2) is 8.42 Å². The van der Waals surface area contributed by atoms with Crippen LogP contribution in [0.2, 0.25) is 0 Å². The van der Waals surface area contributed by atoms with Crippen molar-refractivity contribution in [2.75, 3.05) is 17.4 Å². The number of nitro benzene ring substituents is 1. The molecule has 0 aromatic heterocycles. The number of benzene rings is 2. The van der Waals surface area contributed by atoms with E-state index in [4.69, 9.17) is 5.73 Å². The molecule has 1 unspecified atom stereocenters. The summed E-state index contributed by atoms with van der Waals surface area (Å²) < 4.78 is 27.4. The van der Waals surface area contributed by atoms with Gasteiger partial charge in [-0.15, -0.1) is 0 Å². The number of hydrogen-bond acceptors (Lipinski definition) is 5. The van der Waals surface area contributed by atoms with Gasteiger partial charge in [-0.3, -0.25) is 14.4 Å². The van der Waals surface area contributed by atoms with Gasteiger partial charge in [0.2, 0.25) is 0 Å². The first-order valence-corrected chi connectivity index (χ1v) is 8.92. The number of fused-ring (bicyclic) bond motifs is 1. The summed E-state index contributed by atoms with van der Waals surface area (Å²) in [4.78, 5) is 10.2. The Morgan fingerprint density at radius 2 is 1.83 bits per heavy atom. The van der Waals surface area contributed by atoms with Crippen LogP contribution in [-0.4, -0.2) is 26.4 Å². The molecule has 1 atom stereocenters. The fourth-order valence-electron chi connectivity index (χ4n) is 2.89. The first kappa shape index (κ1) is 16.4. The Morgan fingerprint density at radius 3 is 2.46 bits per heavy atom. The molecule has 2 N–H and O–H groups in total. The van der Waals surface area contributed by atoms with E-state index in [2.05, 4.69) is 0 Å². The smallest absolute Gasteiger partial charge is 0.269 e. The van der Waals surface area contributed by atoms with E-state index in [0.717, 1.165) is 12.0 Å². The van der Waals surface area contributed by atoms with Gasteiger partial charge in [-0.05, 0) is 42.6 Å². The van der Waals surface area contributed by atoms with Crippen molar-refractivity contribution in [3.63, 3.8) is 0 Å². The third kappa shape index (κ3) is 2.85. The Kier molecular flexibility index (Phi) is 4.25. The van der Waals surface area contributed by atoms with Crippen molar-refractivity contribution >= 4 is 21.4 Å². The average Bonchev–Trinajstić information content (AvgIpc) is 2.60. The van der Waals surface area contributed by atoms with Gasteiger partial charge in [0.25, 0.3) is 15.7 Å². The minimum Gasteiger partial charge on any atom is -0.330 e. The fourth-order valence-corrected chi connectivity index (χ4v) is 4.47. The van der Waals surface area contributed by atoms with Gasteiger partial charge in [-0.2, -0.15) is 0 Å². The van der Waals surface area contributed by atoms with Gasteiger partial charge in [0.1, 0.15) is 0 Å². The predicted molar refractivity (Wildman–Crippen MR) is 90.3 cm³/mol. The van der Waals surface area contributed by atoms with Crippen LogP contribution in [0.5, 0.6) is 0 Å². The highest BCUT2D eigenvalue weighted by molar-refractivity contribution is 7.92. The van der Waals surface area contributed by atoms with Crippen LogP contribution < -0.4 is 10.0 Å². The zero-order chi connectivity index (χ0) is 17.3. The van der Waals surface area contributed by atoms with Crippen molar-refractivity contribution < 1.29 is 13.3 Å². The lowest BCUT2D eigenvalue weighted by Crippen LogP contribution is -2.42. The molecule has 0 saturated heterocycles. The largest absolute Gasteiger partial charge is 0.330 e. The first-order chi connectivity index (χ1) is 11.4. The maximum Gasteiger partial charge on any atom is 0.269 e. The van der Waals surface area contributed by atoms with Gasteiger partial charge in [-0.1, -0.05) is 18.2 Å². The molecule has 1 aliphatic rings. The summed E-state index contributed by atoms with van der Waals surface area (Å²) in [6.45, 7) is 0.688. The van der Waals surface area contributed by atoms with Crippen LogP contribution in [0.25, 0.3) is 0 Å². The highest BCUT2D eigenvalue weighted by Crippen LogP contribution is 2.34. The summed E-state index contributed by atoms with van der Waals surface area (Å²) >= 11 is 0. The second-order valence-electron chi connectivity index (χ2n) is 5.72. The SMILES string of the molecule is NCC1Cc2ccccc2N(S(=O)(=O)c2ccc([N+](=O)[O-])cc2)C1. The molecule has 8 heteroatoms. The Hall–Kier alpha value is -2.45. The molecule has 0 fully saturated rings. The minimum atomic E-state index is -3.81. The van der Waals surface area contributed by atoms with Crippen molar-refractivity contribution in [1.29, 1.82) is 0 Å². The molecule has 0 spiro atoms. The molecule has 2 aromatic carbocycles. The number of nitrogens with two attached hydrogens (primary N) is 1. The average molecular weight is 347 g/mol. The lowest BCUT2D eigenvalue weighted by molar-refractivity contribution is -0.384. The number of rotatable bonds is 4. The molecule has 2 aromatic rings. The van der Waals surface area contributed by atoms with Crippen molar-refractivity contribution in [2.45, 2.75) is 11.3 Å². The zero-order valence-corrected chi connectivity index (χ0v) is 13.6. The summed E-state index contributed by atoms with van der Waals surface area (Å²) in [5.74, 6) is 0.0349. The Morgan fingerprint density at radius 1 is 1.17 bits per heavy atom. The predicted octanol–water partition coefficient (Wildman–Crippen LogP) is 1.92. The zero-order valence-electron chi connectivity index (χ0n) is 12.8. The van der Waals surface area contributed by atoms with Crippen LogP contribution in [0.3, 0.4) is 0 Å². The van der Waals surface area contributed by atoms with E-state index in [1.165, 1.54) is 28.6 Å². The number of anilines is 1. The maximum atomic E-state index is 13.0. The summed E-state index contributed by atoms with van der Waals surface area (Å²) in [5.41, 5.74) is 7.19. The number of hydrogen-bond donors (Lipinski definition) is 1. The molecule has 3 rings (SSSR count). The summed E-state index contributed by atoms with van der Waals surface area (Å²) in [5, 5.41) is 10.7. The fraction of sp³-hybridized carbons (Fsp3) is 0.250. The molecule has 7 nitrogen and oxygen atoms in total. The third-order valence-corrected chi connectivity index (χ3v) is 5.96. The Bertz CT molecular complexity index is 865. The summed E-state index contributed by atoms with van der Waals surface area (Å²) in [6.07, 6.45) is 0.735. The molecule has 24 heavy (non-hydrogen) atoms. The monoisotopic (exact) mass is 347 g/mol. The second-order valence-corrected chi connectivity index (χ2v) is 7.58. The molecular formula is C16H17N3O4S. The topological polar surface area (TPSA) is 107 Å². The van der Waals surface area contributed by atoms with Gasteiger partial charge >= 0.3 is 0 Å². The molecule has 1 heterocycles. The normalized spacial score (nSPS) is 17.4. The lowest BCUT2D eigenvalue weighted by Gasteiger charge is -2.34. The van der Waals surface area contributed by atoms with Crippen molar-refractivity contribution in [1.82, 2.24) is 0 Å². The van der Waals surface area contributed by atoms with E-state index in [9.17, 15) is 18.5 Å². The number of non-ortho nitro benzene ring substituents is 1. The number of para-hydroxylation sites is 1. The number of nitrogens with zero attached hydrogens (tertiary/aromatic N) is 2. The summed E-state index contributed by atoms with van der Waals surface area (Å²) in [7, 11) is -3.81. The summed E-state index contributed by atoms with van der Waals surface area (Å²) in [6, 6.07) is 12.3. The highest BCUT2D eigenvalue weighted by atomic mass is 32.2. The van der Waals surface area contributed by atoms with E-state index < -0.39 is 14.9 Å². The van der Waals surface area contributed by atoms with Crippen molar-refractivity contribution in [3.8, 4) is 0 Å². The quantitative estimate of drug-likeness (QED) is 0.672. The van der Waals surface area contributed by atoms with Crippen LogP contribution >= 0.6 is 0 Å². The van der Waals surface area contributed by atoms with Crippen LogP contribution in [-0.2, 0) is 16.4 Å². The highest BCUT2D eigenvalue weighted by Gasteiger charge is 2.32. The first-order valence-electron chi connectivity index (χ1n) is 7.48. The molecule has 0 radical (unpaired) electrons. The standard InChI is InChI=1S/C16H17N3O4S/c17-10-12-9-13-3-1-2-4-16(13)18(11-12)24(22,23)15-7-5-14(6-8-15)19(20)21/h1-8,12H,9-11,17H2. The molecule has 0 amide bonds.